The number of nitriles is 1. The minimum atomic E-state index is 0.395. The third kappa shape index (κ3) is 2.02. The number of hydrogen-bond donors (Lipinski definition) is 0. The molecule has 0 amide bonds. The highest BCUT2D eigenvalue weighted by atomic mass is 32.2. The van der Waals surface area contributed by atoms with Gasteiger partial charge in [-0.15, -0.1) is 11.8 Å². The molecule has 2 nitrogen and oxygen atoms in total. The highest BCUT2D eigenvalue weighted by Crippen LogP contribution is 2.28. The van der Waals surface area contributed by atoms with Crippen LogP contribution in [0.2, 0.25) is 0 Å². The van der Waals surface area contributed by atoms with Gasteiger partial charge in [0.25, 0.3) is 0 Å². The van der Waals surface area contributed by atoms with Crippen molar-refractivity contribution in [3.05, 3.63) is 35.7 Å². The molecule has 58 valence electrons. The quantitative estimate of drug-likeness (QED) is 0.509. The molecule has 0 fully saturated rings. The van der Waals surface area contributed by atoms with E-state index in [4.69, 9.17) is 11.8 Å². The van der Waals surface area contributed by atoms with Crippen molar-refractivity contribution in [1.29, 1.82) is 5.26 Å². The summed E-state index contributed by atoms with van der Waals surface area (Å²) in [4.78, 5) is 4.23. The van der Waals surface area contributed by atoms with Crippen molar-refractivity contribution in [2.75, 3.05) is 5.75 Å². The summed E-state index contributed by atoms with van der Waals surface area (Å²) in [6.07, 6.45) is 0. The first-order valence-electron chi connectivity index (χ1n) is 3.34. The van der Waals surface area contributed by atoms with Crippen LogP contribution in [0.5, 0.6) is 0 Å². The Bertz CT molecular complexity index is 346. The molecule has 0 aliphatic rings. The zero-order valence-electron chi connectivity index (χ0n) is 6.32. The van der Waals surface area contributed by atoms with Gasteiger partial charge in [-0.1, -0.05) is 24.3 Å². The van der Waals surface area contributed by atoms with Gasteiger partial charge in [0.15, 0.2) is 0 Å². The molecule has 0 unspecified atom stereocenters. The zero-order chi connectivity index (χ0) is 8.81. The Hall–Kier alpha value is -1.45. The van der Waals surface area contributed by atoms with E-state index < -0.39 is 0 Å². The Morgan fingerprint density at radius 1 is 1.50 bits per heavy atom. The minimum Gasteiger partial charge on any atom is -0.237 e. The SMILES string of the molecule is [C-]#[N+]c1ccccc1SCC#N. The van der Waals surface area contributed by atoms with Gasteiger partial charge in [-0.05, 0) is 0 Å². The van der Waals surface area contributed by atoms with Gasteiger partial charge < -0.3 is 0 Å². The molecule has 12 heavy (non-hydrogen) atoms. The van der Waals surface area contributed by atoms with Gasteiger partial charge in [-0.25, -0.2) is 4.85 Å². The molecule has 0 aliphatic heterocycles. The Kier molecular flexibility index (Phi) is 3.19. The van der Waals surface area contributed by atoms with Gasteiger partial charge in [-0.3, -0.25) is 0 Å². The van der Waals surface area contributed by atoms with Gasteiger partial charge in [0.05, 0.1) is 18.4 Å². The lowest BCUT2D eigenvalue weighted by atomic mass is 10.3. The van der Waals surface area contributed by atoms with Crippen LogP contribution in [0.15, 0.2) is 29.2 Å². The first-order chi connectivity index (χ1) is 5.88. The Labute approximate surface area is 75.6 Å². The molecule has 1 rings (SSSR count). The zero-order valence-corrected chi connectivity index (χ0v) is 7.14. The van der Waals surface area contributed by atoms with Crippen LogP contribution in [0.3, 0.4) is 0 Å². The second kappa shape index (κ2) is 4.43. The first-order valence-corrected chi connectivity index (χ1v) is 4.33. The minimum absolute atomic E-state index is 0.395. The first kappa shape index (κ1) is 8.64. The van der Waals surface area contributed by atoms with Crippen molar-refractivity contribution in [3.63, 3.8) is 0 Å². The Morgan fingerprint density at radius 2 is 2.25 bits per heavy atom. The van der Waals surface area contributed by atoms with Crippen molar-refractivity contribution in [3.8, 4) is 6.07 Å². The van der Waals surface area contributed by atoms with Crippen molar-refractivity contribution in [2.24, 2.45) is 0 Å². The molecule has 0 heterocycles. The molecule has 0 saturated heterocycles. The lowest BCUT2D eigenvalue weighted by Gasteiger charge is -1.97. The van der Waals surface area contributed by atoms with Crippen LogP contribution in [-0.2, 0) is 0 Å². The summed E-state index contributed by atoms with van der Waals surface area (Å²) < 4.78 is 0. The summed E-state index contributed by atoms with van der Waals surface area (Å²) in [5.74, 6) is 0.395. The van der Waals surface area contributed by atoms with E-state index in [1.165, 1.54) is 11.8 Å². The summed E-state index contributed by atoms with van der Waals surface area (Å²) in [5, 5.41) is 8.34. The van der Waals surface area contributed by atoms with E-state index in [0.717, 1.165) is 4.90 Å². The molecule has 0 saturated carbocycles. The maximum absolute atomic E-state index is 8.34. The van der Waals surface area contributed by atoms with E-state index in [0.29, 0.717) is 11.4 Å². The topological polar surface area (TPSA) is 28.1 Å². The standard InChI is InChI=1S/C9H6N2S/c1-11-8-4-2-3-5-9(8)12-7-6-10/h2-5H,7H2. The van der Waals surface area contributed by atoms with Crippen molar-refractivity contribution in [2.45, 2.75) is 4.90 Å². The molecule has 0 spiro atoms. The fourth-order valence-corrected chi connectivity index (χ4v) is 1.44. The van der Waals surface area contributed by atoms with Crippen LogP contribution >= 0.6 is 11.8 Å². The molecule has 3 heteroatoms. The van der Waals surface area contributed by atoms with E-state index >= 15 is 0 Å². The van der Waals surface area contributed by atoms with E-state index in [1.807, 2.05) is 24.3 Å². The van der Waals surface area contributed by atoms with E-state index in [-0.39, 0.29) is 0 Å². The molecule has 0 bridgehead atoms. The second-order valence-electron chi connectivity index (χ2n) is 2.03. The molecule has 1 aromatic carbocycles. The average molecular weight is 174 g/mol. The summed E-state index contributed by atoms with van der Waals surface area (Å²) in [6.45, 7) is 6.85. The Morgan fingerprint density at radius 3 is 2.92 bits per heavy atom. The lowest BCUT2D eigenvalue weighted by Crippen LogP contribution is -1.73. The number of benzene rings is 1. The van der Waals surface area contributed by atoms with Gasteiger partial charge in [0, 0.05) is 4.90 Å². The smallest absolute Gasteiger partial charge is 0.200 e. The molecule has 1 aromatic rings. The third-order valence-electron chi connectivity index (χ3n) is 1.28. The molecule has 0 radical (unpaired) electrons. The van der Waals surface area contributed by atoms with Gasteiger partial charge in [0.2, 0.25) is 5.69 Å². The molecular weight excluding hydrogens is 168 g/mol. The molecule has 0 aliphatic carbocycles. The third-order valence-corrected chi connectivity index (χ3v) is 2.21. The second-order valence-corrected chi connectivity index (χ2v) is 3.04. The molecule has 0 N–H and O–H groups in total. The van der Waals surface area contributed by atoms with Crippen LogP contribution in [-0.4, -0.2) is 5.75 Å². The van der Waals surface area contributed by atoms with Crippen LogP contribution < -0.4 is 0 Å². The fourth-order valence-electron chi connectivity index (χ4n) is 0.782. The largest absolute Gasteiger partial charge is 0.237 e. The molecule has 0 aromatic heterocycles. The molecule has 0 atom stereocenters. The van der Waals surface area contributed by atoms with Gasteiger partial charge >= 0.3 is 0 Å². The fraction of sp³-hybridized carbons (Fsp3) is 0.111. The van der Waals surface area contributed by atoms with Gasteiger partial charge in [0.1, 0.15) is 0 Å². The normalized spacial score (nSPS) is 8.50. The van der Waals surface area contributed by atoms with Crippen molar-refractivity contribution in [1.82, 2.24) is 0 Å². The van der Waals surface area contributed by atoms with E-state index in [9.17, 15) is 0 Å². The van der Waals surface area contributed by atoms with Crippen LogP contribution in [0.1, 0.15) is 0 Å². The van der Waals surface area contributed by atoms with E-state index in [1.54, 1.807) is 6.07 Å². The maximum atomic E-state index is 8.34. The molecular formula is C9H6N2S. The monoisotopic (exact) mass is 174 g/mol. The number of thioether (sulfide) groups is 1. The van der Waals surface area contributed by atoms with Crippen molar-refractivity contribution < 1.29 is 0 Å². The predicted octanol–water partition coefficient (Wildman–Crippen LogP) is 2.85. The summed E-state index contributed by atoms with van der Waals surface area (Å²) in [7, 11) is 0. The predicted molar refractivity (Wildman–Crippen MR) is 49.0 cm³/mol. The number of rotatable bonds is 2. The maximum Gasteiger partial charge on any atom is 0.200 e. The number of hydrogen-bond acceptors (Lipinski definition) is 2. The van der Waals surface area contributed by atoms with Crippen LogP contribution in [0.25, 0.3) is 4.85 Å². The summed E-state index contributed by atoms with van der Waals surface area (Å²) in [6, 6.07) is 9.33. The van der Waals surface area contributed by atoms with Gasteiger partial charge in [-0.2, -0.15) is 5.26 Å². The lowest BCUT2D eigenvalue weighted by molar-refractivity contribution is 1.46. The van der Waals surface area contributed by atoms with Crippen LogP contribution in [0.4, 0.5) is 5.69 Å². The average Bonchev–Trinajstić information content (AvgIpc) is 2.15. The number of nitrogens with zero attached hydrogens (tertiary/aromatic N) is 2. The summed E-state index contributed by atoms with van der Waals surface area (Å²) in [5.41, 5.74) is 0.623. The Balaban J connectivity index is 2.86. The van der Waals surface area contributed by atoms with Crippen molar-refractivity contribution >= 4 is 17.4 Å². The highest BCUT2D eigenvalue weighted by molar-refractivity contribution is 7.99. The summed E-state index contributed by atoms with van der Waals surface area (Å²) >= 11 is 1.40. The highest BCUT2D eigenvalue weighted by Gasteiger charge is 1.99. The van der Waals surface area contributed by atoms with E-state index in [2.05, 4.69) is 4.85 Å². The van der Waals surface area contributed by atoms with Crippen LogP contribution in [0, 0.1) is 17.9 Å². The number of para-hydroxylation sites is 1.